The van der Waals surface area contributed by atoms with Crippen molar-refractivity contribution < 1.29 is 9.18 Å². The van der Waals surface area contributed by atoms with Crippen LogP contribution in [0, 0.1) is 5.82 Å². The van der Waals surface area contributed by atoms with E-state index < -0.39 is 0 Å². The minimum absolute atomic E-state index is 0.0567. The van der Waals surface area contributed by atoms with Crippen molar-refractivity contribution in [3.05, 3.63) is 64.9 Å². The van der Waals surface area contributed by atoms with E-state index in [1.165, 1.54) is 17.8 Å². The first kappa shape index (κ1) is 15.9. The van der Waals surface area contributed by atoms with Crippen LogP contribution in [0.3, 0.4) is 0 Å². The molecule has 0 fully saturated rings. The Hall–Kier alpha value is -1.52. The Kier molecular flexibility index (Phi) is 6.08. The minimum atomic E-state index is -0.248. The zero-order valence-corrected chi connectivity index (χ0v) is 12.9. The molecule has 2 aromatic rings. The van der Waals surface area contributed by atoms with Gasteiger partial charge in [-0.3, -0.25) is 4.79 Å². The van der Waals surface area contributed by atoms with E-state index in [0.29, 0.717) is 28.6 Å². The molecule has 5 heteroatoms. The van der Waals surface area contributed by atoms with Gasteiger partial charge in [-0.05, 0) is 29.8 Å². The van der Waals surface area contributed by atoms with Crippen LogP contribution < -0.4 is 5.32 Å². The minimum Gasteiger partial charge on any atom is -0.352 e. The second-order valence-corrected chi connectivity index (χ2v) is 6.01. The van der Waals surface area contributed by atoms with Gasteiger partial charge in [0.15, 0.2) is 0 Å². The highest BCUT2D eigenvalue weighted by Gasteiger charge is 2.05. The maximum absolute atomic E-state index is 13.4. The van der Waals surface area contributed by atoms with E-state index >= 15 is 0 Å². The second-order valence-electron chi connectivity index (χ2n) is 4.44. The van der Waals surface area contributed by atoms with Crippen LogP contribution in [0.4, 0.5) is 4.39 Å². The summed E-state index contributed by atoms with van der Waals surface area (Å²) in [6, 6.07) is 13.9. The van der Waals surface area contributed by atoms with Crippen molar-refractivity contribution in [3.63, 3.8) is 0 Å². The second kappa shape index (κ2) is 8.05. The van der Waals surface area contributed by atoms with Gasteiger partial charge >= 0.3 is 0 Å². The zero-order chi connectivity index (χ0) is 15.1. The molecule has 0 saturated carbocycles. The van der Waals surface area contributed by atoms with Crippen molar-refractivity contribution in [3.8, 4) is 0 Å². The molecule has 0 aromatic heterocycles. The fourth-order valence-corrected chi connectivity index (χ4v) is 2.85. The predicted molar refractivity (Wildman–Crippen MR) is 85.0 cm³/mol. The van der Waals surface area contributed by atoms with Gasteiger partial charge in [-0.15, -0.1) is 11.8 Å². The summed E-state index contributed by atoms with van der Waals surface area (Å²) in [5.41, 5.74) is 0.956. The summed E-state index contributed by atoms with van der Waals surface area (Å²) < 4.78 is 13.4. The average Bonchev–Trinajstić information content (AvgIpc) is 2.47. The molecule has 1 amide bonds. The molecule has 0 spiro atoms. The zero-order valence-electron chi connectivity index (χ0n) is 11.3. The van der Waals surface area contributed by atoms with Crippen LogP contribution in [0.5, 0.6) is 0 Å². The van der Waals surface area contributed by atoms with E-state index in [-0.39, 0.29) is 11.7 Å². The highest BCUT2D eigenvalue weighted by molar-refractivity contribution is 7.99. The van der Waals surface area contributed by atoms with E-state index in [4.69, 9.17) is 11.6 Å². The van der Waals surface area contributed by atoms with Crippen molar-refractivity contribution in [2.24, 2.45) is 0 Å². The fourth-order valence-electron chi connectivity index (χ4n) is 1.75. The number of benzene rings is 2. The quantitative estimate of drug-likeness (QED) is 0.804. The summed E-state index contributed by atoms with van der Waals surface area (Å²) in [6.45, 7) is 0.448. The Labute approximate surface area is 132 Å². The lowest BCUT2D eigenvalue weighted by Crippen LogP contribution is -2.22. The molecule has 2 rings (SSSR count). The van der Waals surface area contributed by atoms with E-state index in [1.54, 1.807) is 24.3 Å². The molecule has 0 heterocycles. The van der Waals surface area contributed by atoms with Crippen molar-refractivity contribution >= 4 is 29.3 Å². The lowest BCUT2D eigenvalue weighted by atomic mass is 10.2. The van der Waals surface area contributed by atoms with Gasteiger partial charge in [0.05, 0.1) is 0 Å². The first-order valence-electron chi connectivity index (χ1n) is 6.53. The van der Waals surface area contributed by atoms with Crippen LogP contribution in [0.25, 0.3) is 0 Å². The number of nitrogens with one attached hydrogen (secondary N) is 1. The van der Waals surface area contributed by atoms with Crippen LogP contribution >= 0.6 is 23.4 Å². The maximum Gasteiger partial charge on any atom is 0.221 e. The molecule has 0 aliphatic heterocycles. The third kappa shape index (κ3) is 5.40. The molecule has 2 aromatic carbocycles. The maximum atomic E-state index is 13.4. The number of amides is 1. The summed E-state index contributed by atoms with van der Waals surface area (Å²) in [7, 11) is 0. The van der Waals surface area contributed by atoms with Gasteiger partial charge in [0.25, 0.3) is 0 Å². The van der Waals surface area contributed by atoms with Crippen LogP contribution in [0.15, 0.2) is 53.4 Å². The van der Waals surface area contributed by atoms with Gasteiger partial charge in [0.1, 0.15) is 5.82 Å². The van der Waals surface area contributed by atoms with Crippen molar-refractivity contribution in [2.75, 3.05) is 5.75 Å². The molecule has 110 valence electrons. The Morgan fingerprint density at radius 3 is 2.76 bits per heavy atom. The molecule has 0 radical (unpaired) electrons. The summed E-state index contributed by atoms with van der Waals surface area (Å²) in [5, 5.41) is 3.47. The van der Waals surface area contributed by atoms with Crippen molar-refractivity contribution in [2.45, 2.75) is 17.9 Å². The SMILES string of the molecule is O=C(CCSc1ccccc1F)NCc1cccc(Cl)c1. The molecule has 2 nitrogen and oxygen atoms in total. The molecule has 21 heavy (non-hydrogen) atoms. The number of carbonyl (C=O) groups is 1. The molecule has 1 N–H and O–H groups in total. The van der Waals surface area contributed by atoms with Crippen LogP contribution in [-0.2, 0) is 11.3 Å². The van der Waals surface area contributed by atoms with Crippen molar-refractivity contribution in [1.82, 2.24) is 5.32 Å². The Balaban J connectivity index is 1.72. The van der Waals surface area contributed by atoms with Gasteiger partial charge in [-0.2, -0.15) is 0 Å². The van der Waals surface area contributed by atoms with E-state index in [9.17, 15) is 9.18 Å². The summed E-state index contributed by atoms with van der Waals surface area (Å²) in [4.78, 5) is 12.3. The molecule has 0 aliphatic rings. The highest BCUT2D eigenvalue weighted by Crippen LogP contribution is 2.21. The number of rotatable bonds is 6. The van der Waals surface area contributed by atoms with Gasteiger partial charge in [0.2, 0.25) is 5.91 Å². The monoisotopic (exact) mass is 323 g/mol. The Morgan fingerprint density at radius 1 is 1.19 bits per heavy atom. The molecule has 0 saturated heterocycles. The Morgan fingerprint density at radius 2 is 2.00 bits per heavy atom. The largest absolute Gasteiger partial charge is 0.352 e. The lowest BCUT2D eigenvalue weighted by Gasteiger charge is -2.06. The first-order valence-corrected chi connectivity index (χ1v) is 7.90. The normalized spacial score (nSPS) is 10.4. The van der Waals surface area contributed by atoms with Gasteiger partial charge in [-0.1, -0.05) is 35.9 Å². The van der Waals surface area contributed by atoms with Crippen LogP contribution in [0.2, 0.25) is 5.02 Å². The highest BCUT2D eigenvalue weighted by atomic mass is 35.5. The van der Waals surface area contributed by atoms with E-state index in [1.807, 2.05) is 18.2 Å². The number of carbonyl (C=O) groups excluding carboxylic acids is 1. The van der Waals surface area contributed by atoms with Gasteiger partial charge in [0, 0.05) is 28.6 Å². The van der Waals surface area contributed by atoms with E-state index in [2.05, 4.69) is 5.32 Å². The summed E-state index contributed by atoms with van der Waals surface area (Å²) >= 11 is 7.22. The summed E-state index contributed by atoms with van der Waals surface area (Å²) in [6.07, 6.45) is 0.347. The molecular weight excluding hydrogens is 309 g/mol. The number of hydrogen-bond donors (Lipinski definition) is 1. The summed E-state index contributed by atoms with van der Waals surface area (Å²) in [5.74, 6) is 0.239. The smallest absolute Gasteiger partial charge is 0.221 e. The fraction of sp³-hybridized carbons (Fsp3) is 0.188. The topological polar surface area (TPSA) is 29.1 Å². The average molecular weight is 324 g/mol. The molecule has 0 atom stereocenters. The van der Waals surface area contributed by atoms with E-state index in [0.717, 1.165) is 5.56 Å². The van der Waals surface area contributed by atoms with Crippen LogP contribution in [0.1, 0.15) is 12.0 Å². The first-order chi connectivity index (χ1) is 10.1. The number of thioether (sulfide) groups is 1. The van der Waals surface area contributed by atoms with Crippen molar-refractivity contribution in [1.29, 1.82) is 0 Å². The third-order valence-electron chi connectivity index (χ3n) is 2.80. The third-order valence-corrected chi connectivity index (χ3v) is 4.09. The molecule has 0 aliphatic carbocycles. The standard InChI is InChI=1S/C16H15ClFNOS/c17-13-5-3-4-12(10-13)11-19-16(20)8-9-21-15-7-2-1-6-14(15)18/h1-7,10H,8-9,11H2,(H,19,20). The predicted octanol–water partition coefficient (Wildman–Crippen LogP) is 4.28. The molecule has 0 bridgehead atoms. The number of hydrogen-bond acceptors (Lipinski definition) is 2. The molecule has 0 unspecified atom stereocenters. The lowest BCUT2D eigenvalue weighted by molar-refractivity contribution is -0.120. The van der Waals surface area contributed by atoms with Gasteiger partial charge in [-0.25, -0.2) is 4.39 Å². The molecular formula is C16H15ClFNOS. The van der Waals surface area contributed by atoms with Gasteiger partial charge < -0.3 is 5.32 Å². The Bertz CT molecular complexity index is 621. The number of halogens is 2. The van der Waals surface area contributed by atoms with Crippen LogP contribution in [-0.4, -0.2) is 11.7 Å².